The van der Waals surface area contributed by atoms with Crippen LogP contribution in [0.2, 0.25) is 0 Å². The highest BCUT2D eigenvalue weighted by atomic mass is 127. The minimum atomic E-state index is -0.486. The number of guanidine groups is 1. The number of carbonyl (C=O) groups excluding carboxylic acids is 2. The molecule has 184 valence electrons. The molecule has 0 bridgehead atoms. The average Bonchev–Trinajstić information content (AvgIpc) is 2.73. The summed E-state index contributed by atoms with van der Waals surface area (Å²) in [6, 6.07) is 7.87. The lowest BCUT2D eigenvalue weighted by molar-refractivity contribution is 0.00700. The van der Waals surface area contributed by atoms with E-state index < -0.39 is 5.60 Å². The maximum Gasteiger partial charge on any atom is 0.410 e. The van der Waals surface area contributed by atoms with Crippen molar-refractivity contribution in [3.8, 4) is 0 Å². The van der Waals surface area contributed by atoms with Crippen LogP contribution < -0.4 is 10.6 Å². The summed E-state index contributed by atoms with van der Waals surface area (Å²) < 4.78 is 5.40. The first-order valence-electron chi connectivity index (χ1n) is 11.7. The van der Waals surface area contributed by atoms with E-state index >= 15 is 0 Å². The molecular weight excluding hydrogens is 533 g/mol. The fourth-order valence-electron chi connectivity index (χ4n) is 3.76. The Kier molecular flexibility index (Phi) is 10.2. The number of aliphatic imine (C=N–C) groups is 1. The van der Waals surface area contributed by atoms with Crippen LogP contribution in [0.1, 0.15) is 62.9 Å². The molecule has 0 radical (unpaired) electrons. The number of amides is 2. The Morgan fingerprint density at radius 1 is 1.06 bits per heavy atom. The molecule has 8 nitrogen and oxygen atoms in total. The molecule has 2 aliphatic heterocycles. The summed E-state index contributed by atoms with van der Waals surface area (Å²) in [4.78, 5) is 33.0. The first-order valence-corrected chi connectivity index (χ1v) is 11.7. The van der Waals surface area contributed by atoms with Crippen LogP contribution in [0, 0.1) is 0 Å². The molecule has 0 aliphatic carbocycles. The molecule has 33 heavy (non-hydrogen) atoms. The summed E-state index contributed by atoms with van der Waals surface area (Å²) in [5, 5.41) is 6.62. The third-order valence-corrected chi connectivity index (χ3v) is 5.48. The van der Waals surface area contributed by atoms with E-state index in [0.717, 1.165) is 49.6 Å². The molecule has 2 amide bonds. The van der Waals surface area contributed by atoms with Crippen molar-refractivity contribution in [1.82, 2.24) is 20.4 Å². The minimum absolute atomic E-state index is 0. The predicted octanol–water partition coefficient (Wildman–Crippen LogP) is 3.61. The quantitative estimate of drug-likeness (QED) is 0.321. The summed E-state index contributed by atoms with van der Waals surface area (Å²) in [6.45, 7) is 11.8. The normalized spacial score (nSPS) is 17.0. The number of ether oxygens (including phenoxy) is 1. The van der Waals surface area contributed by atoms with Crippen molar-refractivity contribution in [2.24, 2.45) is 4.99 Å². The van der Waals surface area contributed by atoms with Gasteiger partial charge in [0, 0.05) is 38.3 Å². The average molecular weight is 572 g/mol. The number of nitrogens with one attached hydrogen (secondary N) is 2. The first kappa shape index (κ1) is 27.2. The van der Waals surface area contributed by atoms with Crippen LogP contribution >= 0.6 is 24.0 Å². The van der Waals surface area contributed by atoms with E-state index in [1.807, 2.05) is 56.9 Å². The Hall–Kier alpha value is -2.04. The number of rotatable bonds is 5. The molecule has 9 heteroatoms. The van der Waals surface area contributed by atoms with Crippen LogP contribution in [0.15, 0.2) is 29.3 Å². The van der Waals surface area contributed by atoms with Crippen molar-refractivity contribution < 1.29 is 14.3 Å². The van der Waals surface area contributed by atoms with E-state index in [-0.39, 0.29) is 42.0 Å². The largest absolute Gasteiger partial charge is 0.444 e. The van der Waals surface area contributed by atoms with E-state index in [0.29, 0.717) is 19.6 Å². The molecule has 2 N–H and O–H groups in total. The molecule has 1 aromatic rings. The van der Waals surface area contributed by atoms with Crippen LogP contribution in [-0.2, 0) is 11.3 Å². The molecule has 1 aromatic carbocycles. The van der Waals surface area contributed by atoms with Crippen LogP contribution in [0.4, 0.5) is 4.79 Å². The lowest BCUT2D eigenvalue weighted by Crippen LogP contribution is -2.63. The molecule has 2 fully saturated rings. The Balaban J connectivity index is 0.00000385. The van der Waals surface area contributed by atoms with E-state index in [1.54, 1.807) is 4.90 Å². The van der Waals surface area contributed by atoms with E-state index in [9.17, 15) is 9.59 Å². The van der Waals surface area contributed by atoms with Crippen molar-refractivity contribution >= 4 is 41.9 Å². The smallest absolute Gasteiger partial charge is 0.410 e. The van der Waals surface area contributed by atoms with E-state index in [1.165, 1.54) is 6.42 Å². The highest BCUT2D eigenvalue weighted by Crippen LogP contribution is 2.16. The fourth-order valence-corrected chi connectivity index (χ4v) is 3.76. The van der Waals surface area contributed by atoms with Gasteiger partial charge in [0.05, 0.1) is 12.6 Å². The zero-order chi connectivity index (χ0) is 23.1. The number of hydrogen-bond donors (Lipinski definition) is 2. The molecule has 2 heterocycles. The number of carbonyl (C=O) groups is 2. The lowest BCUT2D eigenvalue weighted by atomic mass is 10.1. The molecule has 0 unspecified atom stereocenters. The molecule has 0 aromatic heterocycles. The van der Waals surface area contributed by atoms with Gasteiger partial charge in [-0.2, -0.15) is 0 Å². The summed E-state index contributed by atoms with van der Waals surface area (Å²) in [7, 11) is 0. The van der Waals surface area contributed by atoms with Gasteiger partial charge in [0.1, 0.15) is 5.60 Å². The van der Waals surface area contributed by atoms with Crippen LogP contribution in [0.3, 0.4) is 0 Å². The Morgan fingerprint density at radius 3 is 2.27 bits per heavy atom. The van der Waals surface area contributed by atoms with Crippen LogP contribution in [0.5, 0.6) is 0 Å². The molecule has 0 saturated carbocycles. The van der Waals surface area contributed by atoms with Crippen molar-refractivity contribution in [2.75, 3.05) is 32.7 Å². The topological polar surface area (TPSA) is 86.3 Å². The SMILES string of the molecule is CCNC(=NCc1ccc(C(=O)N2CCCCC2)cc1)NC1CN(C(=O)OC(C)(C)C)C1.I. The molecule has 2 aliphatic rings. The zero-order valence-electron chi connectivity index (χ0n) is 20.2. The molecule has 2 saturated heterocycles. The Morgan fingerprint density at radius 2 is 1.70 bits per heavy atom. The number of benzene rings is 1. The predicted molar refractivity (Wildman–Crippen MR) is 141 cm³/mol. The number of likely N-dealkylation sites (tertiary alicyclic amines) is 2. The van der Waals surface area contributed by atoms with Gasteiger partial charge in [0.25, 0.3) is 5.91 Å². The Bertz CT molecular complexity index is 810. The number of nitrogens with zero attached hydrogens (tertiary/aromatic N) is 3. The third kappa shape index (κ3) is 8.35. The van der Waals surface area contributed by atoms with E-state index in [4.69, 9.17) is 4.74 Å². The van der Waals surface area contributed by atoms with Gasteiger partial charge >= 0.3 is 6.09 Å². The summed E-state index contributed by atoms with van der Waals surface area (Å²) >= 11 is 0. The van der Waals surface area contributed by atoms with Gasteiger partial charge in [-0.25, -0.2) is 9.79 Å². The second-order valence-corrected chi connectivity index (χ2v) is 9.47. The van der Waals surface area contributed by atoms with Crippen molar-refractivity contribution in [3.63, 3.8) is 0 Å². The molecular formula is C24H38IN5O3. The zero-order valence-corrected chi connectivity index (χ0v) is 22.6. The van der Waals surface area contributed by atoms with Gasteiger partial charge in [-0.3, -0.25) is 4.79 Å². The minimum Gasteiger partial charge on any atom is -0.444 e. The van der Waals surface area contributed by atoms with Gasteiger partial charge in [-0.05, 0) is 64.7 Å². The standard InChI is InChI=1S/C24H37N5O3.HI/c1-5-25-22(27-20-16-29(17-20)23(31)32-24(2,3)4)26-15-18-9-11-19(12-10-18)21(30)28-13-7-6-8-14-28;/h9-12,20H,5-8,13-17H2,1-4H3,(H2,25,26,27);1H. The van der Waals surface area contributed by atoms with Crippen molar-refractivity contribution in [2.45, 2.75) is 65.1 Å². The second kappa shape index (κ2) is 12.4. The number of piperidine rings is 1. The maximum absolute atomic E-state index is 12.6. The summed E-state index contributed by atoms with van der Waals surface area (Å²) in [5.74, 6) is 0.837. The maximum atomic E-state index is 12.6. The van der Waals surface area contributed by atoms with Gasteiger partial charge in [-0.15, -0.1) is 24.0 Å². The highest BCUT2D eigenvalue weighted by molar-refractivity contribution is 14.0. The van der Waals surface area contributed by atoms with Crippen LogP contribution in [0.25, 0.3) is 0 Å². The van der Waals surface area contributed by atoms with Gasteiger partial charge in [0.15, 0.2) is 5.96 Å². The fraction of sp³-hybridized carbons (Fsp3) is 0.625. The van der Waals surface area contributed by atoms with E-state index in [2.05, 4.69) is 15.6 Å². The van der Waals surface area contributed by atoms with Gasteiger partial charge < -0.3 is 25.2 Å². The molecule has 3 rings (SSSR count). The van der Waals surface area contributed by atoms with Gasteiger partial charge in [-0.1, -0.05) is 12.1 Å². The van der Waals surface area contributed by atoms with Crippen LogP contribution in [-0.4, -0.2) is 72.1 Å². The first-order chi connectivity index (χ1) is 15.2. The summed E-state index contributed by atoms with van der Waals surface area (Å²) in [6.07, 6.45) is 3.12. The van der Waals surface area contributed by atoms with Crippen molar-refractivity contribution in [1.29, 1.82) is 0 Å². The highest BCUT2D eigenvalue weighted by Gasteiger charge is 2.34. The molecule has 0 spiro atoms. The van der Waals surface area contributed by atoms with Crippen molar-refractivity contribution in [3.05, 3.63) is 35.4 Å². The monoisotopic (exact) mass is 571 g/mol. The number of hydrogen-bond acceptors (Lipinski definition) is 4. The second-order valence-electron chi connectivity index (χ2n) is 9.47. The third-order valence-electron chi connectivity index (χ3n) is 5.48. The van der Waals surface area contributed by atoms with Gasteiger partial charge in [0.2, 0.25) is 0 Å². The molecule has 0 atom stereocenters. The summed E-state index contributed by atoms with van der Waals surface area (Å²) in [5.41, 5.74) is 1.29. The Labute approximate surface area is 214 Å². The number of halogens is 1. The lowest BCUT2D eigenvalue weighted by Gasteiger charge is -2.40.